The van der Waals surface area contributed by atoms with Crippen LogP contribution in [0, 0.1) is 0 Å². The van der Waals surface area contributed by atoms with E-state index in [9.17, 15) is 10.2 Å². The Bertz CT molecular complexity index is 1120. The molecule has 0 radical (unpaired) electrons. The molecule has 0 aliphatic rings. The molecule has 0 unspecified atom stereocenters. The molecule has 0 aromatic heterocycles. The highest BCUT2D eigenvalue weighted by Crippen LogP contribution is 2.44. The zero-order valence-corrected chi connectivity index (χ0v) is 15.7. The van der Waals surface area contributed by atoms with Gasteiger partial charge in [0.05, 0.1) is 0 Å². The van der Waals surface area contributed by atoms with Crippen LogP contribution < -0.4 is 0 Å². The van der Waals surface area contributed by atoms with Crippen LogP contribution in [0.5, 0.6) is 11.5 Å². The number of benzene rings is 4. The zero-order valence-electron chi connectivity index (χ0n) is 15.7. The minimum Gasteiger partial charge on any atom is -0.507 e. The molecule has 0 amide bonds. The Morgan fingerprint density at radius 2 is 1.04 bits per heavy atom. The normalized spacial score (nSPS) is 11.0. The van der Waals surface area contributed by atoms with Crippen LogP contribution in [0.2, 0.25) is 0 Å². The second kappa shape index (κ2) is 7.24. The lowest BCUT2D eigenvalue weighted by atomic mass is 9.91. The number of rotatable bonds is 5. The highest BCUT2D eigenvalue weighted by molar-refractivity contribution is 6.09. The van der Waals surface area contributed by atoms with E-state index in [2.05, 4.69) is 25.3 Å². The molecule has 2 heteroatoms. The molecule has 0 fully saturated rings. The Labute approximate surface area is 164 Å². The van der Waals surface area contributed by atoms with Gasteiger partial charge >= 0.3 is 0 Å². The summed E-state index contributed by atoms with van der Waals surface area (Å²) in [6.07, 6.45) is 5.33. The Balaban J connectivity index is 2.02. The number of fused-ring (bicyclic) bond motifs is 2. The molecule has 0 heterocycles. The number of hydrogen-bond donors (Lipinski definition) is 2. The van der Waals surface area contributed by atoms with Crippen molar-refractivity contribution in [1.29, 1.82) is 0 Å². The first-order chi connectivity index (χ1) is 13.6. The maximum Gasteiger partial charge on any atom is 0.124 e. The number of aromatic hydroxyl groups is 2. The topological polar surface area (TPSA) is 40.5 Å². The average Bonchev–Trinajstić information content (AvgIpc) is 2.69. The number of hydrogen-bond acceptors (Lipinski definition) is 2. The van der Waals surface area contributed by atoms with Gasteiger partial charge < -0.3 is 10.2 Å². The summed E-state index contributed by atoms with van der Waals surface area (Å²) in [6.45, 7) is 7.60. The van der Waals surface area contributed by atoms with Gasteiger partial charge in [0.25, 0.3) is 0 Å². The molecular formula is C26H22O2. The first kappa shape index (κ1) is 17.9. The highest BCUT2D eigenvalue weighted by atomic mass is 16.3. The van der Waals surface area contributed by atoms with E-state index < -0.39 is 0 Å². The molecule has 138 valence electrons. The van der Waals surface area contributed by atoms with Crippen molar-refractivity contribution >= 4 is 21.5 Å². The molecule has 0 bridgehead atoms. The van der Waals surface area contributed by atoms with E-state index in [1.807, 2.05) is 48.6 Å². The number of phenols is 2. The first-order valence-corrected chi connectivity index (χ1v) is 9.33. The molecule has 2 nitrogen and oxygen atoms in total. The van der Waals surface area contributed by atoms with Crippen LogP contribution in [0.3, 0.4) is 0 Å². The summed E-state index contributed by atoms with van der Waals surface area (Å²) in [5.74, 6) is 0.309. The maximum atomic E-state index is 10.7. The van der Waals surface area contributed by atoms with Gasteiger partial charge in [-0.3, -0.25) is 0 Å². The Morgan fingerprint density at radius 1 is 0.607 bits per heavy atom. The summed E-state index contributed by atoms with van der Waals surface area (Å²) in [5.41, 5.74) is 3.63. The van der Waals surface area contributed by atoms with Gasteiger partial charge in [-0.15, -0.1) is 13.2 Å². The predicted octanol–water partition coefficient (Wildman–Crippen LogP) is 6.53. The summed E-state index contributed by atoms with van der Waals surface area (Å²) in [5, 5.41) is 25.3. The largest absolute Gasteiger partial charge is 0.507 e. The van der Waals surface area contributed by atoms with Crippen molar-refractivity contribution in [2.24, 2.45) is 0 Å². The van der Waals surface area contributed by atoms with Gasteiger partial charge in [0.2, 0.25) is 0 Å². The third-order valence-corrected chi connectivity index (χ3v) is 5.13. The standard InChI is InChI=1S/C26H22O2/c1-3-5-17-7-11-21-19(15-17)9-13-23(27)25(21)26-22-12-8-18(6-4-2)16-20(22)10-14-24(26)28/h3-4,7-16,27-28H,1-2,5-6H2. The molecule has 0 saturated carbocycles. The molecule has 4 rings (SSSR count). The summed E-state index contributed by atoms with van der Waals surface area (Å²) in [4.78, 5) is 0. The Hall–Kier alpha value is -3.52. The van der Waals surface area contributed by atoms with Crippen LogP contribution in [-0.4, -0.2) is 10.2 Å². The minimum absolute atomic E-state index is 0.155. The molecular weight excluding hydrogens is 344 g/mol. The van der Waals surface area contributed by atoms with E-state index in [4.69, 9.17) is 0 Å². The smallest absolute Gasteiger partial charge is 0.124 e. The van der Waals surface area contributed by atoms with Gasteiger partial charge in [-0.25, -0.2) is 0 Å². The van der Waals surface area contributed by atoms with Crippen molar-refractivity contribution in [3.63, 3.8) is 0 Å². The molecule has 4 aromatic rings. The second-order valence-electron chi connectivity index (χ2n) is 7.02. The Morgan fingerprint density at radius 3 is 1.43 bits per heavy atom. The Kier molecular flexibility index (Phi) is 4.62. The van der Waals surface area contributed by atoms with E-state index in [-0.39, 0.29) is 11.5 Å². The van der Waals surface area contributed by atoms with Crippen molar-refractivity contribution in [1.82, 2.24) is 0 Å². The van der Waals surface area contributed by atoms with Gasteiger partial charge in [0, 0.05) is 11.1 Å². The lowest BCUT2D eigenvalue weighted by Crippen LogP contribution is -1.89. The summed E-state index contributed by atoms with van der Waals surface area (Å²) in [6, 6.07) is 19.5. The third-order valence-electron chi connectivity index (χ3n) is 5.13. The summed E-state index contributed by atoms with van der Waals surface area (Å²) >= 11 is 0. The van der Waals surface area contributed by atoms with Crippen molar-refractivity contribution in [3.05, 3.63) is 97.1 Å². The van der Waals surface area contributed by atoms with Crippen LogP contribution in [0.15, 0.2) is 86.0 Å². The molecule has 4 aromatic carbocycles. The summed E-state index contributed by atoms with van der Waals surface area (Å²) < 4.78 is 0. The maximum absolute atomic E-state index is 10.7. The fourth-order valence-corrected chi connectivity index (χ4v) is 3.85. The molecule has 0 saturated heterocycles. The van der Waals surface area contributed by atoms with Crippen molar-refractivity contribution < 1.29 is 10.2 Å². The van der Waals surface area contributed by atoms with E-state index >= 15 is 0 Å². The second-order valence-corrected chi connectivity index (χ2v) is 7.02. The van der Waals surface area contributed by atoms with E-state index in [1.165, 1.54) is 0 Å². The van der Waals surface area contributed by atoms with Gasteiger partial charge in [-0.1, -0.05) is 60.7 Å². The SMILES string of the molecule is C=CCc1ccc2c(-c3c(O)ccc4cc(CC=C)ccc34)c(O)ccc2c1. The third kappa shape index (κ3) is 3.03. The van der Waals surface area contributed by atoms with Crippen LogP contribution in [0.25, 0.3) is 32.7 Å². The average molecular weight is 366 g/mol. The quantitative estimate of drug-likeness (QED) is 0.394. The lowest BCUT2D eigenvalue weighted by molar-refractivity contribution is 0.470. The van der Waals surface area contributed by atoms with E-state index in [1.54, 1.807) is 12.1 Å². The predicted molar refractivity (Wildman–Crippen MR) is 118 cm³/mol. The van der Waals surface area contributed by atoms with Crippen LogP contribution in [0.4, 0.5) is 0 Å². The minimum atomic E-state index is 0.155. The molecule has 2 N–H and O–H groups in total. The fraction of sp³-hybridized carbons (Fsp3) is 0.0769. The van der Waals surface area contributed by atoms with Crippen molar-refractivity contribution in [2.45, 2.75) is 12.8 Å². The molecule has 0 atom stereocenters. The van der Waals surface area contributed by atoms with Gasteiger partial charge in [0.1, 0.15) is 11.5 Å². The molecule has 0 spiro atoms. The monoisotopic (exact) mass is 366 g/mol. The summed E-state index contributed by atoms with van der Waals surface area (Å²) in [7, 11) is 0. The number of allylic oxidation sites excluding steroid dienone is 2. The van der Waals surface area contributed by atoms with Crippen LogP contribution >= 0.6 is 0 Å². The lowest BCUT2D eigenvalue weighted by Gasteiger charge is -2.15. The van der Waals surface area contributed by atoms with Gasteiger partial charge in [-0.2, -0.15) is 0 Å². The van der Waals surface area contributed by atoms with Crippen molar-refractivity contribution in [3.8, 4) is 22.6 Å². The van der Waals surface area contributed by atoms with E-state index in [0.29, 0.717) is 11.1 Å². The number of phenolic OH excluding ortho intramolecular Hbond substituents is 2. The molecule has 0 aliphatic carbocycles. The van der Waals surface area contributed by atoms with Crippen molar-refractivity contribution in [2.75, 3.05) is 0 Å². The molecule has 28 heavy (non-hydrogen) atoms. The van der Waals surface area contributed by atoms with Crippen LogP contribution in [0.1, 0.15) is 11.1 Å². The van der Waals surface area contributed by atoms with Crippen LogP contribution in [-0.2, 0) is 12.8 Å². The van der Waals surface area contributed by atoms with Gasteiger partial charge in [-0.05, 0) is 57.6 Å². The zero-order chi connectivity index (χ0) is 19.7. The van der Waals surface area contributed by atoms with E-state index in [0.717, 1.165) is 45.5 Å². The molecule has 0 aliphatic heterocycles. The van der Waals surface area contributed by atoms with Gasteiger partial charge in [0.15, 0.2) is 0 Å². The highest BCUT2D eigenvalue weighted by Gasteiger charge is 2.17. The fourth-order valence-electron chi connectivity index (χ4n) is 3.85. The first-order valence-electron chi connectivity index (χ1n) is 9.33.